The Morgan fingerprint density at radius 3 is 2.67 bits per heavy atom. The van der Waals surface area contributed by atoms with E-state index in [-0.39, 0.29) is 0 Å². The molecule has 0 amide bonds. The smallest absolute Gasteiger partial charge is 0.148 e. The highest BCUT2D eigenvalue weighted by Crippen LogP contribution is 2.10. The third kappa shape index (κ3) is 4.26. The van der Waals surface area contributed by atoms with E-state index in [0.29, 0.717) is 18.7 Å². The second-order valence-corrected chi connectivity index (χ2v) is 2.56. The number of nitriles is 1. The van der Waals surface area contributed by atoms with Crippen LogP contribution in [0.5, 0.6) is 0 Å². The number of rotatable bonds is 3. The molecule has 0 rings (SSSR count). The monoisotopic (exact) mass is 147 g/mol. The summed E-state index contributed by atoms with van der Waals surface area (Å²) in [6.07, 6.45) is 1.13. The molecule has 3 heteroatoms. The third-order valence-electron chi connectivity index (χ3n) is 1.04. The summed E-state index contributed by atoms with van der Waals surface area (Å²) in [5.74, 6) is 0.498. The first-order valence-electron chi connectivity index (χ1n) is 2.82. The van der Waals surface area contributed by atoms with Crippen LogP contribution in [0.1, 0.15) is 19.8 Å². The van der Waals surface area contributed by atoms with E-state index in [1.54, 1.807) is 6.07 Å². The van der Waals surface area contributed by atoms with Gasteiger partial charge in [-0.25, -0.2) is 0 Å². The van der Waals surface area contributed by atoms with Crippen molar-refractivity contribution < 1.29 is 5.11 Å². The summed E-state index contributed by atoms with van der Waals surface area (Å²) in [6.45, 7) is 1.49. The first kappa shape index (κ1) is 8.74. The van der Waals surface area contributed by atoms with Gasteiger partial charge in [0, 0.05) is 5.88 Å². The van der Waals surface area contributed by atoms with E-state index in [9.17, 15) is 0 Å². The Balaban J connectivity index is 3.49. The van der Waals surface area contributed by atoms with Crippen molar-refractivity contribution in [3.63, 3.8) is 0 Å². The van der Waals surface area contributed by atoms with Crippen molar-refractivity contribution in [3.8, 4) is 6.07 Å². The molecule has 0 fully saturated rings. The van der Waals surface area contributed by atoms with Gasteiger partial charge in [-0.3, -0.25) is 0 Å². The van der Waals surface area contributed by atoms with Gasteiger partial charge in [0.05, 0.1) is 6.07 Å². The van der Waals surface area contributed by atoms with Gasteiger partial charge in [0.15, 0.2) is 0 Å². The Morgan fingerprint density at radius 1 is 1.78 bits per heavy atom. The third-order valence-corrected chi connectivity index (χ3v) is 1.31. The lowest BCUT2D eigenvalue weighted by atomic mass is 10.0. The van der Waals surface area contributed by atoms with Crippen molar-refractivity contribution >= 4 is 11.6 Å². The van der Waals surface area contributed by atoms with Crippen LogP contribution < -0.4 is 0 Å². The van der Waals surface area contributed by atoms with E-state index in [1.165, 1.54) is 6.92 Å². The molecule has 0 aromatic heterocycles. The molecule has 2 nitrogen and oxygen atoms in total. The highest BCUT2D eigenvalue weighted by Gasteiger charge is 2.17. The van der Waals surface area contributed by atoms with Crippen molar-refractivity contribution in [2.75, 3.05) is 5.88 Å². The maximum atomic E-state index is 9.03. The molecule has 9 heavy (non-hydrogen) atoms. The van der Waals surface area contributed by atoms with E-state index in [0.717, 1.165) is 0 Å². The minimum atomic E-state index is -1.19. The number of halogens is 1. The molecule has 0 spiro atoms. The summed E-state index contributed by atoms with van der Waals surface area (Å²) in [7, 11) is 0. The lowest BCUT2D eigenvalue weighted by molar-refractivity contribution is 0.109. The first-order chi connectivity index (χ1) is 4.12. The Kier molecular flexibility index (Phi) is 3.60. The zero-order valence-electron chi connectivity index (χ0n) is 5.39. The molecule has 1 atom stereocenters. The molecule has 0 bridgehead atoms. The molecule has 0 aliphatic carbocycles. The second-order valence-electron chi connectivity index (χ2n) is 2.18. The fourth-order valence-electron chi connectivity index (χ4n) is 0.467. The fraction of sp³-hybridized carbons (Fsp3) is 0.833. The molecule has 0 radical (unpaired) electrons. The molecular formula is C6H10ClNO. The summed E-state index contributed by atoms with van der Waals surface area (Å²) in [4.78, 5) is 0. The van der Waals surface area contributed by atoms with Gasteiger partial charge in [0.2, 0.25) is 0 Å². The molecule has 0 saturated carbocycles. The minimum absolute atomic E-state index is 0.451. The normalized spacial score (nSPS) is 16.2. The van der Waals surface area contributed by atoms with Crippen LogP contribution in [0.15, 0.2) is 0 Å². The van der Waals surface area contributed by atoms with Gasteiger partial charge in [-0.2, -0.15) is 5.26 Å². The maximum Gasteiger partial charge on any atom is 0.148 e. The Labute approximate surface area is 60.1 Å². The van der Waals surface area contributed by atoms with Crippen LogP contribution in [0, 0.1) is 11.3 Å². The second kappa shape index (κ2) is 3.71. The van der Waals surface area contributed by atoms with Crippen LogP contribution in [0.4, 0.5) is 0 Å². The molecule has 0 aromatic rings. The van der Waals surface area contributed by atoms with Crippen molar-refractivity contribution in [1.29, 1.82) is 5.26 Å². The van der Waals surface area contributed by atoms with Gasteiger partial charge in [-0.1, -0.05) is 0 Å². The Hall–Kier alpha value is -0.260. The van der Waals surface area contributed by atoms with Crippen LogP contribution in [-0.2, 0) is 0 Å². The van der Waals surface area contributed by atoms with Crippen molar-refractivity contribution in [2.45, 2.75) is 25.4 Å². The quantitative estimate of drug-likeness (QED) is 0.483. The zero-order valence-corrected chi connectivity index (χ0v) is 6.15. The molecule has 0 aliphatic rings. The molecule has 0 unspecified atom stereocenters. The first-order valence-corrected chi connectivity index (χ1v) is 3.35. The molecule has 1 N–H and O–H groups in total. The van der Waals surface area contributed by atoms with Crippen LogP contribution in [0.3, 0.4) is 0 Å². The predicted octanol–water partition coefficient (Wildman–Crippen LogP) is 1.28. The molecule has 0 aliphatic heterocycles. The average molecular weight is 148 g/mol. The van der Waals surface area contributed by atoms with Crippen molar-refractivity contribution in [2.24, 2.45) is 0 Å². The van der Waals surface area contributed by atoms with E-state index >= 15 is 0 Å². The van der Waals surface area contributed by atoms with Crippen molar-refractivity contribution in [1.82, 2.24) is 0 Å². The lowest BCUT2D eigenvalue weighted by Crippen LogP contribution is -2.20. The molecule has 0 saturated heterocycles. The Bertz CT molecular complexity index is 117. The number of hydrogen-bond donors (Lipinski definition) is 1. The van der Waals surface area contributed by atoms with E-state index in [1.807, 2.05) is 0 Å². The van der Waals surface area contributed by atoms with Crippen molar-refractivity contribution in [3.05, 3.63) is 0 Å². The van der Waals surface area contributed by atoms with Crippen LogP contribution in [-0.4, -0.2) is 16.6 Å². The van der Waals surface area contributed by atoms with E-state index < -0.39 is 5.60 Å². The maximum absolute atomic E-state index is 9.03. The highest BCUT2D eigenvalue weighted by atomic mass is 35.5. The van der Waals surface area contributed by atoms with Crippen LogP contribution >= 0.6 is 11.6 Å². The molecule has 0 heterocycles. The number of aliphatic hydroxyl groups is 1. The van der Waals surface area contributed by atoms with E-state index in [2.05, 4.69) is 0 Å². The topological polar surface area (TPSA) is 44.0 Å². The molecule has 0 aromatic carbocycles. The predicted molar refractivity (Wildman–Crippen MR) is 36.2 cm³/mol. The highest BCUT2D eigenvalue weighted by molar-refractivity contribution is 6.17. The molecular weight excluding hydrogens is 138 g/mol. The summed E-state index contributed by atoms with van der Waals surface area (Å²) < 4.78 is 0. The fourth-order valence-corrected chi connectivity index (χ4v) is 0.601. The van der Waals surface area contributed by atoms with Gasteiger partial charge >= 0.3 is 0 Å². The van der Waals surface area contributed by atoms with Gasteiger partial charge in [0.1, 0.15) is 5.60 Å². The van der Waals surface area contributed by atoms with Gasteiger partial charge < -0.3 is 5.11 Å². The SMILES string of the molecule is C[C@@](O)(C#N)CCCCl. The number of alkyl halides is 1. The molecule has 52 valence electrons. The average Bonchev–Trinajstić information content (AvgIpc) is 1.84. The van der Waals surface area contributed by atoms with Crippen LogP contribution in [0.2, 0.25) is 0 Å². The summed E-state index contributed by atoms with van der Waals surface area (Å²) in [5.41, 5.74) is -1.19. The summed E-state index contributed by atoms with van der Waals surface area (Å²) >= 11 is 5.34. The Morgan fingerprint density at radius 2 is 2.33 bits per heavy atom. The van der Waals surface area contributed by atoms with Gasteiger partial charge in [-0.15, -0.1) is 11.6 Å². The van der Waals surface area contributed by atoms with Gasteiger partial charge in [-0.05, 0) is 19.8 Å². The number of hydrogen-bond acceptors (Lipinski definition) is 2. The number of nitrogens with zero attached hydrogens (tertiary/aromatic N) is 1. The lowest BCUT2D eigenvalue weighted by Gasteiger charge is -2.11. The minimum Gasteiger partial charge on any atom is -0.376 e. The largest absolute Gasteiger partial charge is 0.376 e. The summed E-state index contributed by atoms with van der Waals surface area (Å²) in [6, 6.07) is 1.77. The zero-order chi connectivity index (χ0) is 7.33. The van der Waals surface area contributed by atoms with E-state index in [4.69, 9.17) is 22.0 Å². The van der Waals surface area contributed by atoms with Crippen LogP contribution in [0.25, 0.3) is 0 Å². The summed E-state index contributed by atoms with van der Waals surface area (Å²) in [5, 5.41) is 17.3. The van der Waals surface area contributed by atoms with Gasteiger partial charge in [0.25, 0.3) is 0 Å². The standard InChI is InChI=1S/C6H10ClNO/c1-6(9,5-8)3-2-4-7/h9H,2-4H2,1H3/t6-/m0/s1.